The van der Waals surface area contributed by atoms with Crippen molar-refractivity contribution >= 4 is 79.8 Å². The van der Waals surface area contributed by atoms with Crippen molar-refractivity contribution in [2.45, 2.75) is 9.96 Å². The van der Waals surface area contributed by atoms with Crippen LogP contribution in [0.2, 0.25) is 0 Å². The Bertz CT molecular complexity index is 626. The van der Waals surface area contributed by atoms with Crippen LogP contribution in [0.4, 0.5) is 10.5 Å². The molecule has 2 amide bonds. The molecule has 1 saturated heterocycles. The summed E-state index contributed by atoms with van der Waals surface area (Å²) >= 11 is 26.5. The highest BCUT2D eigenvalue weighted by Crippen LogP contribution is 2.29. The Hall–Kier alpha value is -0.510. The molecule has 6 nitrogen and oxygen atoms in total. The standard InChI is InChI=1S/C14H16BrCl3N4O2S/c15-9-2-1-3-10(8-9)19-12(25)20-11(14(16,17)18)21-13(23)22-4-6-24-7-5-22/h1-3,8,11H,4-7H2,(H,21,23)(H2,19,20,25). The van der Waals surface area contributed by atoms with E-state index in [2.05, 4.69) is 31.9 Å². The summed E-state index contributed by atoms with van der Waals surface area (Å²) in [6, 6.07) is 7.04. The number of amides is 2. The number of nitrogens with zero attached hydrogens (tertiary/aromatic N) is 1. The van der Waals surface area contributed by atoms with Crippen LogP contribution in [-0.4, -0.2) is 52.3 Å². The number of urea groups is 1. The number of alkyl halides is 3. The number of nitrogens with one attached hydrogen (secondary N) is 3. The molecule has 11 heteroatoms. The highest BCUT2D eigenvalue weighted by molar-refractivity contribution is 9.10. The molecule has 1 aromatic carbocycles. The third kappa shape index (κ3) is 6.96. The Morgan fingerprint density at radius 3 is 2.56 bits per heavy atom. The molecule has 1 atom stereocenters. The first-order valence-electron chi connectivity index (χ1n) is 7.28. The van der Waals surface area contributed by atoms with Crippen molar-refractivity contribution in [1.29, 1.82) is 0 Å². The van der Waals surface area contributed by atoms with Gasteiger partial charge >= 0.3 is 6.03 Å². The number of carbonyl (C=O) groups excluding carboxylic acids is 1. The van der Waals surface area contributed by atoms with Crippen molar-refractivity contribution in [1.82, 2.24) is 15.5 Å². The van der Waals surface area contributed by atoms with Crippen LogP contribution in [-0.2, 0) is 4.74 Å². The van der Waals surface area contributed by atoms with E-state index in [1.807, 2.05) is 24.3 Å². The summed E-state index contributed by atoms with van der Waals surface area (Å²) in [5.41, 5.74) is 0.745. The van der Waals surface area contributed by atoms with Gasteiger partial charge in [0.05, 0.1) is 13.2 Å². The average Bonchev–Trinajstić information content (AvgIpc) is 2.54. The molecule has 138 valence electrons. The quantitative estimate of drug-likeness (QED) is 0.344. The number of halogens is 4. The molecule has 2 rings (SSSR count). The summed E-state index contributed by atoms with van der Waals surface area (Å²) in [4.78, 5) is 13.9. The van der Waals surface area contributed by atoms with Crippen molar-refractivity contribution in [3.05, 3.63) is 28.7 Å². The Kier molecular flexibility index (Phi) is 7.85. The van der Waals surface area contributed by atoms with E-state index in [9.17, 15) is 4.79 Å². The van der Waals surface area contributed by atoms with Crippen molar-refractivity contribution in [2.24, 2.45) is 0 Å². The van der Waals surface area contributed by atoms with E-state index in [-0.39, 0.29) is 11.1 Å². The topological polar surface area (TPSA) is 65.6 Å². The summed E-state index contributed by atoms with van der Waals surface area (Å²) in [6.07, 6.45) is -1.01. The van der Waals surface area contributed by atoms with Gasteiger partial charge in [0.25, 0.3) is 0 Å². The van der Waals surface area contributed by atoms with Crippen molar-refractivity contribution in [2.75, 3.05) is 31.6 Å². The Balaban J connectivity index is 1.97. The summed E-state index contributed by atoms with van der Waals surface area (Å²) in [5, 5.41) is 8.63. The molecule has 1 aromatic rings. The van der Waals surface area contributed by atoms with E-state index in [1.54, 1.807) is 4.90 Å². The van der Waals surface area contributed by atoms with Crippen LogP contribution >= 0.6 is 63.0 Å². The molecular weight excluding hydrogens is 475 g/mol. The lowest BCUT2D eigenvalue weighted by atomic mass is 10.3. The number of morpholine rings is 1. The highest BCUT2D eigenvalue weighted by Gasteiger charge is 2.35. The van der Waals surface area contributed by atoms with Gasteiger partial charge in [0.1, 0.15) is 0 Å². The zero-order valence-corrected chi connectivity index (χ0v) is 17.6. The first kappa shape index (κ1) is 20.8. The molecule has 3 N–H and O–H groups in total. The van der Waals surface area contributed by atoms with Crippen LogP contribution in [0.5, 0.6) is 0 Å². The number of rotatable bonds is 3. The third-order valence-electron chi connectivity index (χ3n) is 3.25. The molecule has 1 unspecified atom stereocenters. The number of ether oxygens (including phenoxy) is 1. The summed E-state index contributed by atoms with van der Waals surface area (Å²) in [5.74, 6) is 0. The number of benzene rings is 1. The molecule has 0 spiro atoms. The monoisotopic (exact) mass is 488 g/mol. The lowest BCUT2D eigenvalue weighted by Crippen LogP contribution is -2.59. The zero-order valence-electron chi connectivity index (χ0n) is 12.9. The second kappa shape index (κ2) is 9.43. The molecule has 25 heavy (non-hydrogen) atoms. The van der Waals surface area contributed by atoms with E-state index in [0.29, 0.717) is 26.3 Å². The fourth-order valence-electron chi connectivity index (χ4n) is 2.05. The second-order valence-electron chi connectivity index (χ2n) is 5.13. The van der Waals surface area contributed by atoms with E-state index < -0.39 is 9.96 Å². The van der Waals surface area contributed by atoms with Gasteiger partial charge in [0.2, 0.25) is 3.79 Å². The largest absolute Gasteiger partial charge is 0.378 e. The molecule has 1 fully saturated rings. The molecule has 0 aliphatic carbocycles. The first-order chi connectivity index (χ1) is 11.8. The van der Waals surface area contributed by atoms with Gasteiger partial charge in [0, 0.05) is 23.2 Å². The normalized spacial score (nSPS) is 16.1. The highest BCUT2D eigenvalue weighted by atomic mass is 79.9. The van der Waals surface area contributed by atoms with Gasteiger partial charge in [-0.2, -0.15) is 0 Å². The van der Waals surface area contributed by atoms with E-state index in [1.165, 1.54) is 0 Å². The van der Waals surface area contributed by atoms with Gasteiger partial charge in [-0.1, -0.05) is 56.8 Å². The lowest BCUT2D eigenvalue weighted by Gasteiger charge is -2.32. The molecule has 1 aliphatic heterocycles. The van der Waals surface area contributed by atoms with Crippen molar-refractivity contribution in [3.8, 4) is 0 Å². The minimum Gasteiger partial charge on any atom is -0.378 e. The van der Waals surface area contributed by atoms with Crippen molar-refractivity contribution < 1.29 is 9.53 Å². The van der Waals surface area contributed by atoms with E-state index in [0.717, 1.165) is 10.2 Å². The second-order valence-corrected chi connectivity index (χ2v) is 8.83. The van der Waals surface area contributed by atoms with Gasteiger partial charge in [0.15, 0.2) is 11.3 Å². The summed E-state index contributed by atoms with van der Waals surface area (Å²) in [7, 11) is 0. The van der Waals surface area contributed by atoms with Crippen LogP contribution in [0.25, 0.3) is 0 Å². The number of carbonyl (C=O) groups is 1. The van der Waals surface area contributed by atoms with Gasteiger partial charge in [-0.25, -0.2) is 4.79 Å². The average molecular weight is 491 g/mol. The van der Waals surface area contributed by atoms with Crippen LogP contribution in [0.1, 0.15) is 0 Å². The van der Waals surface area contributed by atoms with Gasteiger partial charge < -0.3 is 25.6 Å². The van der Waals surface area contributed by atoms with Gasteiger partial charge in [-0.15, -0.1) is 0 Å². The maximum atomic E-state index is 12.3. The first-order valence-corrected chi connectivity index (χ1v) is 9.62. The Morgan fingerprint density at radius 2 is 1.96 bits per heavy atom. The predicted octanol–water partition coefficient (Wildman–Crippen LogP) is 3.47. The zero-order chi connectivity index (χ0) is 18.4. The SMILES string of the molecule is O=C(NC(NC(=S)Nc1cccc(Br)c1)C(Cl)(Cl)Cl)N1CCOCC1. The summed E-state index contributed by atoms with van der Waals surface area (Å²) < 4.78 is 4.30. The molecule has 1 aliphatic rings. The minimum absolute atomic E-state index is 0.205. The molecule has 0 radical (unpaired) electrons. The molecule has 0 bridgehead atoms. The lowest BCUT2D eigenvalue weighted by molar-refractivity contribution is 0.0524. The summed E-state index contributed by atoms with van der Waals surface area (Å²) in [6.45, 7) is 1.89. The smallest absolute Gasteiger partial charge is 0.319 e. The van der Waals surface area contributed by atoms with Crippen LogP contribution < -0.4 is 16.0 Å². The van der Waals surface area contributed by atoms with Crippen LogP contribution in [0.15, 0.2) is 28.7 Å². The number of anilines is 1. The number of thiocarbonyl (C=S) groups is 1. The molecule has 0 saturated carbocycles. The number of hydrogen-bond donors (Lipinski definition) is 3. The van der Waals surface area contributed by atoms with Gasteiger partial charge in [-0.3, -0.25) is 0 Å². The molecule has 1 heterocycles. The maximum absolute atomic E-state index is 12.3. The molecular formula is C14H16BrCl3N4O2S. The maximum Gasteiger partial charge on any atom is 0.319 e. The fourth-order valence-corrected chi connectivity index (χ4v) is 3.01. The van der Waals surface area contributed by atoms with Crippen LogP contribution in [0, 0.1) is 0 Å². The number of hydrogen-bond acceptors (Lipinski definition) is 3. The van der Waals surface area contributed by atoms with E-state index >= 15 is 0 Å². The van der Waals surface area contributed by atoms with Crippen molar-refractivity contribution in [3.63, 3.8) is 0 Å². The molecule has 0 aromatic heterocycles. The van der Waals surface area contributed by atoms with Crippen LogP contribution in [0.3, 0.4) is 0 Å². The third-order valence-corrected chi connectivity index (χ3v) is 4.62. The van der Waals surface area contributed by atoms with Gasteiger partial charge in [-0.05, 0) is 30.4 Å². The Morgan fingerprint density at radius 1 is 1.28 bits per heavy atom. The Labute approximate surface area is 174 Å². The fraction of sp³-hybridized carbons (Fsp3) is 0.429. The predicted molar refractivity (Wildman–Crippen MR) is 109 cm³/mol. The van der Waals surface area contributed by atoms with E-state index in [4.69, 9.17) is 51.8 Å². The minimum atomic E-state index is -1.80.